The first-order chi connectivity index (χ1) is 14.3. The van der Waals surface area contributed by atoms with E-state index < -0.39 is 0 Å². The van der Waals surface area contributed by atoms with Crippen LogP contribution in [-0.2, 0) is 4.79 Å². The zero-order chi connectivity index (χ0) is 21.8. The van der Waals surface area contributed by atoms with Gasteiger partial charge in [-0.25, -0.2) is 0 Å². The molecular weight excluding hydrogens is 366 g/mol. The zero-order valence-corrected chi connectivity index (χ0v) is 19.6. The molecule has 1 saturated carbocycles. The fraction of sp³-hybridized carbons (Fsp3) is 0.464. The summed E-state index contributed by atoms with van der Waals surface area (Å²) in [5.74, 6) is 0.280. The Balaban J connectivity index is 0.00000341. The first-order valence-corrected chi connectivity index (χ1v) is 11.4. The van der Waals surface area contributed by atoms with Crippen LogP contribution >= 0.6 is 0 Å². The van der Waals surface area contributed by atoms with Gasteiger partial charge >= 0.3 is 0 Å². The molecule has 2 nitrogen and oxygen atoms in total. The van der Waals surface area contributed by atoms with Crippen molar-refractivity contribution in [3.63, 3.8) is 0 Å². The summed E-state index contributed by atoms with van der Waals surface area (Å²) in [6, 6.07) is 2.28. The van der Waals surface area contributed by atoms with E-state index in [-0.39, 0.29) is 7.34 Å². The molecule has 0 bridgehead atoms. The number of aromatic nitrogens is 1. The molecule has 0 spiro atoms. The van der Waals surface area contributed by atoms with Crippen LogP contribution in [0.2, 0.25) is 0 Å². The molecular formula is C28H39NO. The summed E-state index contributed by atoms with van der Waals surface area (Å²) in [4.78, 5) is 16.6. The van der Waals surface area contributed by atoms with Crippen LogP contribution in [0.25, 0.3) is 11.6 Å². The van der Waals surface area contributed by atoms with Gasteiger partial charge in [-0.15, -0.1) is 0 Å². The summed E-state index contributed by atoms with van der Waals surface area (Å²) in [5.41, 5.74) is 11.3. The van der Waals surface area contributed by atoms with Crippen molar-refractivity contribution in [2.75, 3.05) is 0 Å². The van der Waals surface area contributed by atoms with Gasteiger partial charge in [-0.05, 0) is 108 Å². The van der Waals surface area contributed by atoms with E-state index in [9.17, 15) is 4.79 Å². The van der Waals surface area contributed by atoms with Crippen LogP contribution < -0.4 is 0 Å². The molecule has 1 aromatic heterocycles. The molecule has 30 heavy (non-hydrogen) atoms. The van der Waals surface area contributed by atoms with Gasteiger partial charge in [0.05, 0.1) is 0 Å². The summed E-state index contributed by atoms with van der Waals surface area (Å²) in [7, 11) is 0. The number of aromatic amines is 1. The van der Waals surface area contributed by atoms with Gasteiger partial charge in [0.25, 0.3) is 0 Å². The predicted molar refractivity (Wildman–Crippen MR) is 131 cm³/mol. The Labute approximate surface area is 184 Å². The van der Waals surface area contributed by atoms with E-state index in [1.807, 2.05) is 6.92 Å². The summed E-state index contributed by atoms with van der Waals surface area (Å²) in [5, 5.41) is 0. The van der Waals surface area contributed by atoms with Gasteiger partial charge in [0.15, 0.2) is 5.78 Å². The summed E-state index contributed by atoms with van der Waals surface area (Å²) < 4.78 is 0. The second kappa shape index (κ2) is 9.64. The lowest BCUT2D eigenvalue weighted by molar-refractivity contribution is -0.118. The fourth-order valence-electron chi connectivity index (χ4n) is 4.71. The third-order valence-electron chi connectivity index (χ3n) is 6.86. The fourth-order valence-corrected chi connectivity index (χ4v) is 4.71. The number of carbonyl (C=O) groups excluding carboxylic acids is 1. The smallest absolute Gasteiger partial charge is 0.162 e. The Hall–Kier alpha value is -2.35. The number of nitrogens with one attached hydrogen (secondary N) is 1. The Morgan fingerprint density at radius 3 is 2.53 bits per heavy atom. The topological polar surface area (TPSA) is 32.9 Å². The first kappa shape index (κ1) is 22.3. The van der Waals surface area contributed by atoms with Gasteiger partial charge < -0.3 is 4.98 Å². The number of hydrogen-bond acceptors (Lipinski definition) is 1. The third kappa shape index (κ3) is 4.86. The minimum Gasteiger partial charge on any atom is -0.358 e. The van der Waals surface area contributed by atoms with Crippen LogP contribution in [0.3, 0.4) is 0 Å². The molecule has 1 atom stereocenters. The number of Topliss-reactive ketones (excluding diaryl/α,β-unsaturated/α-hetero) is 1. The van der Waals surface area contributed by atoms with Crippen molar-refractivity contribution >= 4 is 17.4 Å². The van der Waals surface area contributed by atoms with Crippen LogP contribution in [0.4, 0.5) is 0 Å². The maximum atomic E-state index is 13.0. The van der Waals surface area contributed by atoms with Gasteiger partial charge in [0.1, 0.15) is 0 Å². The van der Waals surface area contributed by atoms with Crippen molar-refractivity contribution in [1.29, 1.82) is 0 Å². The van der Waals surface area contributed by atoms with Gasteiger partial charge in [0.2, 0.25) is 0 Å². The molecule has 0 radical (unpaired) electrons. The normalized spacial score (nSPS) is 18.5. The van der Waals surface area contributed by atoms with Crippen LogP contribution in [-0.4, -0.2) is 10.8 Å². The number of hydrogen-bond donors (Lipinski definition) is 1. The Morgan fingerprint density at radius 1 is 1.23 bits per heavy atom. The number of carbonyl (C=O) groups is 1. The molecule has 0 amide bonds. The average Bonchev–Trinajstić information content (AvgIpc) is 3.44. The van der Waals surface area contributed by atoms with Crippen molar-refractivity contribution in [3.05, 3.63) is 69.1 Å². The third-order valence-corrected chi connectivity index (χ3v) is 6.86. The summed E-state index contributed by atoms with van der Waals surface area (Å²) in [6.07, 6.45) is 15.3. The maximum Gasteiger partial charge on any atom is 0.162 e. The Bertz CT molecular complexity index is 973. The molecule has 1 fully saturated rings. The van der Waals surface area contributed by atoms with Crippen molar-refractivity contribution < 1.29 is 6.22 Å². The Morgan fingerprint density at radius 2 is 1.93 bits per heavy atom. The monoisotopic (exact) mass is 405 g/mol. The zero-order valence-electron chi connectivity index (χ0n) is 19.6. The van der Waals surface area contributed by atoms with E-state index in [2.05, 4.69) is 70.0 Å². The number of ketones is 1. The molecule has 1 aromatic rings. The highest BCUT2D eigenvalue weighted by molar-refractivity contribution is 5.99. The van der Waals surface area contributed by atoms with Crippen LogP contribution in [0.15, 0.2) is 52.2 Å². The second-order valence-corrected chi connectivity index (χ2v) is 9.08. The van der Waals surface area contributed by atoms with Crippen molar-refractivity contribution in [3.8, 4) is 0 Å². The number of aryl methyl sites for hydroxylation is 1. The molecule has 0 aromatic carbocycles. The number of rotatable bonds is 7. The Kier molecular flexibility index (Phi) is 7.18. The molecule has 2 heteroatoms. The molecule has 2 aliphatic rings. The second-order valence-electron chi connectivity index (χ2n) is 9.08. The largest absolute Gasteiger partial charge is 0.358 e. The lowest BCUT2D eigenvalue weighted by atomic mass is 9.89. The van der Waals surface area contributed by atoms with Crippen LogP contribution in [0.5, 0.6) is 0 Å². The van der Waals surface area contributed by atoms with Gasteiger partial charge in [0, 0.05) is 24.3 Å². The van der Waals surface area contributed by atoms with E-state index in [1.54, 1.807) is 5.57 Å². The summed E-state index contributed by atoms with van der Waals surface area (Å²) in [6.45, 7) is 12.7. The highest BCUT2D eigenvalue weighted by Crippen LogP contribution is 2.33. The van der Waals surface area contributed by atoms with Crippen LogP contribution in [0, 0.1) is 12.8 Å². The van der Waals surface area contributed by atoms with Gasteiger partial charge in [-0.2, -0.15) is 0 Å². The highest BCUT2D eigenvalue weighted by atomic mass is 16.1. The molecule has 1 N–H and O–H groups in total. The molecule has 1 unspecified atom stereocenters. The first-order valence-electron chi connectivity index (χ1n) is 11.4. The summed E-state index contributed by atoms with van der Waals surface area (Å²) >= 11 is 0. The lowest BCUT2D eigenvalue weighted by Gasteiger charge is -2.13. The predicted octanol–water partition coefficient (Wildman–Crippen LogP) is 8.14. The minimum atomic E-state index is -0.0160. The average molecular weight is 406 g/mol. The minimum absolute atomic E-state index is 0. The number of H-pyrrole nitrogens is 1. The van der Waals surface area contributed by atoms with E-state index in [0.717, 1.165) is 18.4 Å². The van der Waals surface area contributed by atoms with Crippen LogP contribution in [0.1, 0.15) is 91.5 Å². The van der Waals surface area contributed by atoms with E-state index in [1.165, 1.54) is 64.9 Å². The van der Waals surface area contributed by atoms with E-state index in [4.69, 9.17) is 0 Å². The molecule has 0 saturated heterocycles. The standard InChI is InChI=1S/C28H37NO.H2/c1-7-10-23(15-19(3)28(30)26-14-13-18(2)20(26)4)16-25-17-27(29-22(25)6)21(5)24-11-8-9-12-24;/h7,10,13,16-17,19,29H,8-9,11-12,14-15H2,1-6H3;1H/b10-7+,23-16+;. The van der Waals surface area contributed by atoms with E-state index in [0.29, 0.717) is 5.78 Å². The van der Waals surface area contributed by atoms with Gasteiger partial charge in [-0.1, -0.05) is 36.3 Å². The highest BCUT2D eigenvalue weighted by Gasteiger charge is 2.23. The van der Waals surface area contributed by atoms with Crippen molar-refractivity contribution in [2.24, 2.45) is 5.92 Å². The molecule has 0 aliphatic heterocycles. The quantitative estimate of drug-likeness (QED) is 0.456. The number of allylic oxidation sites excluding steroid dienone is 9. The van der Waals surface area contributed by atoms with Crippen molar-refractivity contribution in [1.82, 2.24) is 4.98 Å². The molecule has 3 rings (SSSR count). The van der Waals surface area contributed by atoms with E-state index >= 15 is 0 Å². The lowest BCUT2D eigenvalue weighted by Crippen LogP contribution is -2.14. The van der Waals surface area contributed by atoms with Crippen molar-refractivity contribution in [2.45, 2.75) is 80.1 Å². The maximum absolute atomic E-state index is 13.0. The molecule has 162 valence electrons. The molecule has 2 aliphatic carbocycles. The molecule has 1 heterocycles. The van der Waals surface area contributed by atoms with Gasteiger partial charge in [-0.3, -0.25) is 4.79 Å². The SMILES string of the molecule is C/C=C/C(=C\c1cc(C(C)=C2CCCC2)[nH]c1C)CC(C)C(=O)C1=C(C)C(C)=CC1.[HH].